The molecule has 2 rings (SSSR count). The topological polar surface area (TPSA) is 218 Å². The number of nitrogens with zero attached hydrogens (tertiary/aromatic N) is 1. The second-order valence-electron chi connectivity index (χ2n) is 5.22. The van der Waals surface area contributed by atoms with Crippen LogP contribution in [0.25, 0.3) is 0 Å². The highest BCUT2D eigenvalue weighted by Gasteiger charge is 2.50. The lowest BCUT2D eigenvalue weighted by atomic mass is 10.2. The molecule has 154 valence electrons. The zero-order chi connectivity index (χ0) is 22.4. The summed E-state index contributed by atoms with van der Waals surface area (Å²) in [6.07, 6.45) is -4.50. The van der Waals surface area contributed by atoms with Gasteiger partial charge >= 0.3 is 21.3 Å². The third kappa shape index (κ3) is 5.62. The van der Waals surface area contributed by atoms with E-state index in [1.807, 2.05) is 0 Å². The number of phosphoric ester groups is 1. The molecule has 1 saturated heterocycles. The quantitative estimate of drug-likeness (QED) is 0.260. The first kappa shape index (κ1) is 19.1. The van der Waals surface area contributed by atoms with E-state index >= 15 is 4.39 Å². The largest absolute Gasteiger partial charge is 0.481 e. The van der Waals surface area contributed by atoms with E-state index in [2.05, 4.69) is 13.6 Å². The molecule has 1 aromatic rings. The average molecular weight is 438 g/mol. The van der Waals surface area contributed by atoms with Crippen molar-refractivity contribution in [3.63, 3.8) is 0 Å². The maximum Gasteiger partial charge on any atom is 0.481 e. The second kappa shape index (κ2) is 7.64. The molecular formula is C10H15FN2O12P2. The zero-order valence-corrected chi connectivity index (χ0v) is 14.7. The van der Waals surface area contributed by atoms with E-state index in [0.29, 0.717) is 10.8 Å². The van der Waals surface area contributed by atoms with Crippen LogP contribution in [-0.2, 0) is 29.3 Å². The Morgan fingerprint density at radius 1 is 1.44 bits per heavy atom. The van der Waals surface area contributed by atoms with Gasteiger partial charge in [-0.3, -0.25) is 18.9 Å². The van der Waals surface area contributed by atoms with Gasteiger partial charge in [0.2, 0.25) is 5.85 Å². The minimum absolute atomic E-state index is 0.383. The van der Waals surface area contributed by atoms with Crippen molar-refractivity contribution < 1.29 is 54.7 Å². The van der Waals surface area contributed by atoms with Crippen LogP contribution in [-0.4, -0.2) is 53.0 Å². The number of hydrogen-bond donors (Lipinski definition) is 6. The molecule has 1 aliphatic rings. The number of phosphoric acid groups is 2. The van der Waals surface area contributed by atoms with Crippen molar-refractivity contribution in [3.8, 4) is 0 Å². The number of aliphatic hydroxyl groups excluding tert-OH is 2. The van der Waals surface area contributed by atoms with Gasteiger partial charge in [0.25, 0.3) is 5.56 Å². The van der Waals surface area contributed by atoms with Gasteiger partial charge in [0.05, 0.1) is 14.9 Å². The number of H-pyrrole nitrogens is 1. The molecular weight excluding hydrogens is 421 g/mol. The van der Waals surface area contributed by atoms with E-state index < -0.39 is 64.7 Å². The van der Waals surface area contributed by atoms with Gasteiger partial charge in [0.1, 0.15) is 12.7 Å². The predicted octanol–water partition coefficient (Wildman–Crippen LogP) is -1.80. The van der Waals surface area contributed by atoms with Crippen LogP contribution in [0.3, 0.4) is 0 Å². The lowest BCUT2D eigenvalue weighted by Gasteiger charge is -2.22. The van der Waals surface area contributed by atoms with Gasteiger partial charge in [0, 0.05) is 12.6 Å². The fraction of sp³-hybridized carbons (Fsp3) is 0.600. The number of alkyl halides is 1. The highest BCUT2D eigenvalue weighted by Crippen LogP contribution is 2.58. The summed E-state index contributed by atoms with van der Waals surface area (Å²) in [5.41, 5.74) is -2.59. The van der Waals surface area contributed by atoms with Gasteiger partial charge in [-0.25, -0.2) is 18.3 Å². The van der Waals surface area contributed by atoms with E-state index in [9.17, 15) is 28.7 Å². The monoisotopic (exact) mass is 438 g/mol. The van der Waals surface area contributed by atoms with Crippen molar-refractivity contribution in [2.45, 2.75) is 31.2 Å². The summed E-state index contributed by atoms with van der Waals surface area (Å²) < 4.78 is 64.5. The Morgan fingerprint density at radius 3 is 2.63 bits per heavy atom. The van der Waals surface area contributed by atoms with Gasteiger partial charge in [-0.1, -0.05) is 0 Å². The SMILES string of the molecule is [2H]C([2H])(OP(=O)(O)OP(=O)(O)O)[C@]1(F)C[C@@H](O)[C@H](n2cc(CO)c(=O)[nH]c2=O)O1. The predicted molar refractivity (Wildman–Crippen MR) is 80.7 cm³/mol. The van der Waals surface area contributed by atoms with Crippen molar-refractivity contribution in [3.05, 3.63) is 32.6 Å². The van der Waals surface area contributed by atoms with Crippen molar-refractivity contribution in [2.24, 2.45) is 0 Å². The van der Waals surface area contributed by atoms with Crippen molar-refractivity contribution in [1.29, 1.82) is 0 Å². The molecule has 14 nitrogen and oxygen atoms in total. The summed E-state index contributed by atoms with van der Waals surface area (Å²) in [6.45, 7) is -4.77. The van der Waals surface area contributed by atoms with Gasteiger partial charge in [-0.2, -0.15) is 4.31 Å². The van der Waals surface area contributed by atoms with Crippen LogP contribution in [0.15, 0.2) is 15.8 Å². The molecule has 0 bridgehead atoms. The Kier molecular flexibility index (Phi) is 5.40. The highest BCUT2D eigenvalue weighted by atomic mass is 31.3. The molecule has 0 radical (unpaired) electrons. The number of rotatable bonds is 7. The van der Waals surface area contributed by atoms with Crippen LogP contribution < -0.4 is 11.2 Å². The summed E-state index contributed by atoms with van der Waals surface area (Å²) in [7, 11) is -11.5. The summed E-state index contributed by atoms with van der Waals surface area (Å²) in [4.78, 5) is 51.3. The third-order valence-electron chi connectivity index (χ3n) is 3.12. The fourth-order valence-electron chi connectivity index (χ4n) is 2.10. The molecule has 1 aromatic heterocycles. The van der Waals surface area contributed by atoms with E-state index in [-0.39, 0.29) is 5.56 Å². The molecule has 27 heavy (non-hydrogen) atoms. The number of nitrogens with one attached hydrogen (secondary N) is 1. The van der Waals surface area contributed by atoms with Crippen LogP contribution in [0.1, 0.15) is 21.0 Å². The number of hydrogen-bond acceptors (Lipinski definition) is 9. The van der Waals surface area contributed by atoms with Gasteiger partial charge < -0.3 is 29.6 Å². The third-order valence-corrected chi connectivity index (χ3v) is 5.12. The van der Waals surface area contributed by atoms with Crippen LogP contribution in [0.2, 0.25) is 0 Å². The Labute approximate surface area is 151 Å². The first-order valence-corrected chi connectivity index (χ1v) is 9.83. The first-order valence-electron chi connectivity index (χ1n) is 7.81. The molecule has 17 heteroatoms. The summed E-state index contributed by atoms with van der Waals surface area (Å²) in [5, 5.41) is 19.1. The standard InChI is InChI=1S/C10H15FN2O12P2/c11-10(4-23-27(21,22)25-26(18,19)20)1-6(15)8(24-10)13-2-5(3-14)7(16)12-9(13)17/h2,6,8,14-15H,1,3-4H2,(H,21,22)(H,12,16,17)(H2,18,19,20)/t6-,8-,10+/m1/s1/i4D2. The van der Waals surface area contributed by atoms with Crippen LogP contribution in [0.5, 0.6) is 0 Å². The number of ether oxygens (including phenoxy) is 1. The molecule has 0 saturated carbocycles. The first-order chi connectivity index (χ1) is 13.0. The second-order valence-corrected chi connectivity index (χ2v) is 7.98. The minimum atomic E-state index is -5.86. The molecule has 6 N–H and O–H groups in total. The molecule has 0 aliphatic carbocycles. The lowest BCUT2D eigenvalue weighted by molar-refractivity contribution is -0.178. The van der Waals surface area contributed by atoms with Crippen molar-refractivity contribution >= 4 is 15.6 Å². The van der Waals surface area contributed by atoms with E-state index in [4.69, 9.17) is 17.6 Å². The van der Waals surface area contributed by atoms with E-state index in [1.54, 1.807) is 4.98 Å². The Morgan fingerprint density at radius 2 is 2.07 bits per heavy atom. The maximum atomic E-state index is 15.0. The molecule has 2 heterocycles. The number of aromatic nitrogens is 2. The zero-order valence-electron chi connectivity index (χ0n) is 15.0. The van der Waals surface area contributed by atoms with E-state index in [0.717, 1.165) is 0 Å². The smallest absolute Gasteiger partial charge is 0.391 e. The molecule has 4 atom stereocenters. The Balaban J connectivity index is 2.35. The van der Waals surface area contributed by atoms with E-state index in [1.165, 1.54) is 0 Å². The number of aromatic amines is 1. The lowest BCUT2D eigenvalue weighted by Crippen LogP contribution is -2.37. The van der Waals surface area contributed by atoms with Crippen LogP contribution in [0, 0.1) is 0 Å². The molecule has 1 unspecified atom stereocenters. The van der Waals surface area contributed by atoms with Crippen molar-refractivity contribution in [1.82, 2.24) is 9.55 Å². The van der Waals surface area contributed by atoms with Crippen molar-refractivity contribution in [2.75, 3.05) is 6.56 Å². The number of aliphatic hydroxyl groups is 2. The molecule has 0 amide bonds. The molecule has 0 aromatic carbocycles. The van der Waals surface area contributed by atoms with Gasteiger partial charge in [-0.15, -0.1) is 0 Å². The average Bonchev–Trinajstić information content (AvgIpc) is 2.80. The Bertz CT molecular complexity index is 994. The fourth-order valence-corrected chi connectivity index (χ4v) is 3.56. The highest BCUT2D eigenvalue weighted by molar-refractivity contribution is 7.60. The summed E-state index contributed by atoms with van der Waals surface area (Å²) in [5.74, 6) is -3.72. The summed E-state index contributed by atoms with van der Waals surface area (Å²) >= 11 is 0. The summed E-state index contributed by atoms with van der Waals surface area (Å²) in [6, 6.07) is 0. The molecule has 1 aliphatic heterocycles. The van der Waals surface area contributed by atoms with Crippen LogP contribution >= 0.6 is 15.6 Å². The number of halogens is 1. The minimum Gasteiger partial charge on any atom is -0.391 e. The van der Waals surface area contributed by atoms with Crippen LogP contribution in [0.4, 0.5) is 4.39 Å². The van der Waals surface area contributed by atoms with Gasteiger partial charge in [-0.05, 0) is 0 Å². The Hall–Kier alpha value is -1.25. The molecule has 0 spiro atoms. The maximum absolute atomic E-state index is 15.0. The molecule has 1 fully saturated rings. The van der Waals surface area contributed by atoms with Gasteiger partial charge in [0.15, 0.2) is 6.23 Å². The normalized spacial score (nSPS) is 29.9.